The van der Waals surface area contributed by atoms with Gasteiger partial charge < -0.3 is 23.7 Å². The quantitative estimate of drug-likeness (QED) is 0.0843. The van der Waals surface area contributed by atoms with Crippen LogP contribution in [0.5, 0.6) is 0 Å². The molecule has 1 saturated carbocycles. The van der Waals surface area contributed by atoms with E-state index in [4.69, 9.17) is 23.7 Å². The van der Waals surface area contributed by atoms with Crippen LogP contribution in [0.1, 0.15) is 129 Å². The first-order chi connectivity index (χ1) is 19.1. The number of hydrogen-bond donors (Lipinski definition) is 0. The van der Waals surface area contributed by atoms with Crippen LogP contribution in [-0.4, -0.2) is 61.8 Å². The fraction of sp³-hybridized carbons (Fsp3) is 0.938. The maximum atomic E-state index is 13.0. The molecule has 0 aromatic carbocycles. The molecule has 3 saturated heterocycles. The first-order valence-electron chi connectivity index (χ1n) is 16.4. The summed E-state index contributed by atoms with van der Waals surface area (Å²) in [6, 6.07) is 0. The minimum atomic E-state index is -0.495. The standard InChI is InChI=1S/C32H54O7/c1-3-5-7-9-11-13-15-17-25-29(37-25)21-35-31(33)23-19-27-28(39-27)20-24(23)32(34)36-22-30-26(38-30)18-16-14-12-10-8-6-4-2/h23-30H,3-22H2,1-2H3. The molecule has 0 bridgehead atoms. The van der Waals surface area contributed by atoms with Gasteiger partial charge in [0, 0.05) is 0 Å². The Morgan fingerprint density at radius 2 is 0.923 bits per heavy atom. The zero-order valence-corrected chi connectivity index (χ0v) is 24.6. The van der Waals surface area contributed by atoms with Gasteiger partial charge in [-0.15, -0.1) is 0 Å². The molecule has 0 radical (unpaired) electrons. The average Bonchev–Trinajstić information content (AvgIpc) is 3.84. The second-order valence-corrected chi connectivity index (χ2v) is 12.4. The number of carbonyl (C=O) groups is 2. The molecule has 0 spiro atoms. The lowest BCUT2D eigenvalue weighted by molar-refractivity contribution is -0.162. The molecule has 4 aliphatic rings. The van der Waals surface area contributed by atoms with Gasteiger partial charge in [-0.05, 0) is 25.7 Å². The molecule has 3 aliphatic heterocycles. The number of carbonyl (C=O) groups excluding carboxylic acids is 2. The molecular formula is C32H54O7. The Bertz CT molecular complexity index is 682. The van der Waals surface area contributed by atoms with Gasteiger partial charge in [0.15, 0.2) is 0 Å². The second-order valence-electron chi connectivity index (χ2n) is 12.4. The predicted octanol–water partition coefficient (Wildman–Crippen LogP) is 6.68. The van der Waals surface area contributed by atoms with E-state index >= 15 is 0 Å². The Balaban J connectivity index is 1.07. The Hall–Kier alpha value is -1.18. The number of rotatable bonds is 22. The first kappa shape index (κ1) is 30.8. The van der Waals surface area contributed by atoms with Crippen LogP contribution in [0.25, 0.3) is 0 Å². The number of esters is 2. The number of unbranched alkanes of at least 4 members (excludes halogenated alkanes) is 12. The summed E-state index contributed by atoms with van der Waals surface area (Å²) >= 11 is 0. The Morgan fingerprint density at radius 3 is 1.33 bits per heavy atom. The molecule has 8 atom stereocenters. The van der Waals surface area contributed by atoms with Crippen molar-refractivity contribution >= 4 is 11.9 Å². The van der Waals surface area contributed by atoms with E-state index in [2.05, 4.69) is 13.8 Å². The highest BCUT2D eigenvalue weighted by Gasteiger charge is 2.54. The molecule has 0 N–H and O–H groups in total. The fourth-order valence-electron chi connectivity index (χ4n) is 6.25. The summed E-state index contributed by atoms with van der Waals surface area (Å²) < 4.78 is 28.4. The van der Waals surface area contributed by atoms with E-state index < -0.39 is 11.8 Å². The van der Waals surface area contributed by atoms with Crippen molar-refractivity contribution in [2.24, 2.45) is 11.8 Å². The molecule has 7 heteroatoms. The number of ether oxygens (including phenoxy) is 5. The summed E-state index contributed by atoms with van der Waals surface area (Å²) in [4.78, 5) is 25.9. The lowest BCUT2D eigenvalue weighted by Gasteiger charge is -2.26. The fourth-order valence-corrected chi connectivity index (χ4v) is 6.25. The van der Waals surface area contributed by atoms with Crippen molar-refractivity contribution in [2.75, 3.05) is 13.2 Å². The zero-order valence-electron chi connectivity index (χ0n) is 24.6. The molecule has 0 aromatic rings. The highest BCUT2D eigenvalue weighted by Crippen LogP contribution is 2.44. The van der Waals surface area contributed by atoms with E-state index in [1.54, 1.807) is 0 Å². The van der Waals surface area contributed by atoms with Gasteiger partial charge in [-0.25, -0.2) is 0 Å². The van der Waals surface area contributed by atoms with Gasteiger partial charge in [0.1, 0.15) is 25.4 Å². The van der Waals surface area contributed by atoms with Crippen molar-refractivity contribution in [3.05, 3.63) is 0 Å². The predicted molar refractivity (Wildman–Crippen MR) is 149 cm³/mol. The maximum absolute atomic E-state index is 13.0. The van der Waals surface area contributed by atoms with Gasteiger partial charge in [-0.1, -0.05) is 104 Å². The van der Waals surface area contributed by atoms with Crippen LogP contribution >= 0.6 is 0 Å². The second kappa shape index (κ2) is 16.3. The molecule has 4 fully saturated rings. The molecular weight excluding hydrogens is 496 g/mol. The molecule has 1 aliphatic carbocycles. The van der Waals surface area contributed by atoms with Gasteiger partial charge in [-0.3, -0.25) is 9.59 Å². The normalized spacial score (nSPS) is 32.4. The Morgan fingerprint density at radius 1 is 0.538 bits per heavy atom. The number of hydrogen-bond acceptors (Lipinski definition) is 7. The van der Waals surface area contributed by atoms with Crippen LogP contribution in [0, 0.1) is 11.8 Å². The minimum absolute atomic E-state index is 0.00764. The van der Waals surface area contributed by atoms with E-state index in [0.717, 1.165) is 12.8 Å². The molecule has 224 valence electrons. The maximum Gasteiger partial charge on any atom is 0.310 e. The van der Waals surface area contributed by atoms with Crippen LogP contribution in [0.4, 0.5) is 0 Å². The third kappa shape index (κ3) is 10.6. The van der Waals surface area contributed by atoms with Gasteiger partial charge in [-0.2, -0.15) is 0 Å². The summed E-state index contributed by atoms with van der Waals surface area (Å²) in [5, 5.41) is 0. The topological polar surface area (TPSA) is 90.2 Å². The summed E-state index contributed by atoms with van der Waals surface area (Å²) in [5.41, 5.74) is 0. The average molecular weight is 551 g/mol. The van der Waals surface area contributed by atoms with Crippen molar-refractivity contribution in [3.8, 4) is 0 Å². The zero-order chi connectivity index (χ0) is 27.5. The molecule has 3 heterocycles. The van der Waals surface area contributed by atoms with E-state index in [1.165, 1.54) is 89.9 Å². The van der Waals surface area contributed by atoms with Crippen molar-refractivity contribution in [3.63, 3.8) is 0 Å². The third-order valence-electron chi connectivity index (χ3n) is 9.09. The Labute approximate surface area is 236 Å². The van der Waals surface area contributed by atoms with Gasteiger partial charge in [0.2, 0.25) is 0 Å². The highest BCUT2D eigenvalue weighted by atomic mass is 16.6. The summed E-state index contributed by atoms with van der Waals surface area (Å²) in [6.45, 7) is 5.04. The van der Waals surface area contributed by atoms with Crippen LogP contribution in [0.15, 0.2) is 0 Å². The molecule has 4 rings (SSSR count). The molecule has 8 unspecified atom stereocenters. The van der Waals surface area contributed by atoms with Crippen LogP contribution in [-0.2, 0) is 33.3 Å². The van der Waals surface area contributed by atoms with Gasteiger partial charge in [0.05, 0.1) is 36.3 Å². The largest absolute Gasteiger partial charge is 0.463 e. The van der Waals surface area contributed by atoms with Crippen LogP contribution < -0.4 is 0 Å². The van der Waals surface area contributed by atoms with Crippen LogP contribution in [0.2, 0.25) is 0 Å². The lowest BCUT2D eigenvalue weighted by atomic mass is 9.79. The van der Waals surface area contributed by atoms with Crippen molar-refractivity contribution < 1.29 is 33.3 Å². The first-order valence-corrected chi connectivity index (χ1v) is 16.4. The van der Waals surface area contributed by atoms with E-state index in [1.807, 2.05) is 0 Å². The lowest BCUT2D eigenvalue weighted by Crippen LogP contribution is -2.38. The van der Waals surface area contributed by atoms with Crippen molar-refractivity contribution in [2.45, 2.75) is 166 Å². The van der Waals surface area contributed by atoms with Crippen molar-refractivity contribution in [1.82, 2.24) is 0 Å². The third-order valence-corrected chi connectivity index (χ3v) is 9.09. The molecule has 0 aromatic heterocycles. The summed E-state index contributed by atoms with van der Waals surface area (Å²) in [5.74, 6) is -1.61. The molecule has 0 amide bonds. The minimum Gasteiger partial charge on any atom is -0.463 e. The number of epoxide rings is 3. The highest BCUT2D eigenvalue weighted by molar-refractivity contribution is 5.82. The van der Waals surface area contributed by atoms with E-state index in [9.17, 15) is 9.59 Å². The van der Waals surface area contributed by atoms with Gasteiger partial charge in [0.25, 0.3) is 0 Å². The van der Waals surface area contributed by atoms with Crippen LogP contribution in [0.3, 0.4) is 0 Å². The number of fused-ring (bicyclic) bond motifs is 1. The summed E-state index contributed by atoms with van der Waals surface area (Å²) in [6.07, 6.45) is 21.7. The van der Waals surface area contributed by atoms with Crippen molar-refractivity contribution in [1.29, 1.82) is 0 Å². The monoisotopic (exact) mass is 550 g/mol. The Kier molecular flexibility index (Phi) is 12.9. The smallest absolute Gasteiger partial charge is 0.310 e. The van der Waals surface area contributed by atoms with Gasteiger partial charge >= 0.3 is 11.9 Å². The van der Waals surface area contributed by atoms with E-state index in [-0.39, 0.29) is 61.8 Å². The SMILES string of the molecule is CCCCCCCCCC1OC1COC(=O)C1CC2OC2CC1C(=O)OCC1OC1CCCCCCCCC. The molecule has 7 nitrogen and oxygen atoms in total. The summed E-state index contributed by atoms with van der Waals surface area (Å²) in [7, 11) is 0. The molecule has 39 heavy (non-hydrogen) atoms. The van der Waals surface area contributed by atoms with E-state index in [0.29, 0.717) is 12.8 Å².